The van der Waals surface area contributed by atoms with E-state index in [1.165, 1.54) is 0 Å². The zero-order valence-electron chi connectivity index (χ0n) is 17.0. The number of aryl methyl sites for hydroxylation is 1. The van der Waals surface area contributed by atoms with Crippen LogP contribution in [0.25, 0.3) is 0 Å². The second kappa shape index (κ2) is 7.95. The first-order valence-corrected chi connectivity index (χ1v) is 9.38. The zero-order chi connectivity index (χ0) is 20.4. The van der Waals surface area contributed by atoms with E-state index in [-0.39, 0.29) is 23.8 Å². The Morgan fingerprint density at radius 3 is 2.64 bits per heavy atom. The predicted octanol–water partition coefficient (Wildman–Crippen LogP) is 1.04. The van der Waals surface area contributed by atoms with E-state index < -0.39 is 0 Å². The summed E-state index contributed by atoms with van der Waals surface area (Å²) in [5.41, 5.74) is 1.59. The van der Waals surface area contributed by atoms with Gasteiger partial charge in [0.05, 0.1) is 17.6 Å². The van der Waals surface area contributed by atoms with Crippen LogP contribution in [0.5, 0.6) is 0 Å². The lowest BCUT2D eigenvalue weighted by atomic mass is 9.99. The van der Waals surface area contributed by atoms with Crippen LogP contribution in [0.4, 0.5) is 5.95 Å². The van der Waals surface area contributed by atoms with Crippen molar-refractivity contribution in [2.45, 2.75) is 32.2 Å². The molecule has 3 heterocycles. The van der Waals surface area contributed by atoms with Crippen molar-refractivity contribution in [3.8, 4) is 0 Å². The normalized spacial score (nSPS) is 16.5. The first kappa shape index (κ1) is 19.8. The molecular weight excluding hydrogens is 358 g/mol. The van der Waals surface area contributed by atoms with Crippen LogP contribution >= 0.6 is 0 Å². The smallest absolute Gasteiger partial charge is 0.274 e. The topological polar surface area (TPSA) is 96.3 Å². The Morgan fingerprint density at radius 2 is 2.04 bits per heavy atom. The second-order valence-electron chi connectivity index (χ2n) is 7.65. The van der Waals surface area contributed by atoms with E-state index in [0.717, 1.165) is 6.42 Å². The Bertz CT molecular complexity index is 875. The lowest BCUT2D eigenvalue weighted by Gasteiger charge is -2.19. The maximum atomic E-state index is 12.7. The summed E-state index contributed by atoms with van der Waals surface area (Å²) >= 11 is 0. The molecular formula is C19H27N7O2. The first-order chi connectivity index (χ1) is 13.3. The molecule has 2 amide bonds. The Hall–Kier alpha value is -2.97. The van der Waals surface area contributed by atoms with Crippen molar-refractivity contribution in [2.75, 3.05) is 32.1 Å². The monoisotopic (exact) mass is 385 g/mol. The van der Waals surface area contributed by atoms with Crippen molar-refractivity contribution >= 4 is 17.8 Å². The maximum absolute atomic E-state index is 12.7. The molecule has 0 spiro atoms. The number of hydrogen-bond acceptors (Lipinski definition) is 6. The molecule has 0 saturated carbocycles. The standard InChI is InChI=1S/C19H27N7O2/c1-12(2)22-17(27)14-8-20-19(24(3)4)23-16(14)13-6-7-26(9-13)18(28)15-10-25(5)11-21-15/h8,10-13H,6-7,9H2,1-5H3,(H,22,27). The summed E-state index contributed by atoms with van der Waals surface area (Å²) in [6.45, 7) is 4.93. The van der Waals surface area contributed by atoms with Gasteiger partial charge in [-0.05, 0) is 20.3 Å². The van der Waals surface area contributed by atoms with Gasteiger partial charge in [0.15, 0.2) is 0 Å². The number of hydrogen-bond donors (Lipinski definition) is 1. The number of imidazole rings is 1. The largest absolute Gasteiger partial charge is 0.350 e. The van der Waals surface area contributed by atoms with Gasteiger partial charge in [-0.15, -0.1) is 0 Å². The number of rotatable bonds is 5. The van der Waals surface area contributed by atoms with E-state index in [9.17, 15) is 9.59 Å². The second-order valence-corrected chi connectivity index (χ2v) is 7.65. The molecule has 9 nitrogen and oxygen atoms in total. The van der Waals surface area contributed by atoms with Gasteiger partial charge in [0.2, 0.25) is 5.95 Å². The summed E-state index contributed by atoms with van der Waals surface area (Å²) < 4.78 is 1.75. The third-order valence-corrected chi connectivity index (χ3v) is 4.66. The third kappa shape index (κ3) is 4.13. The van der Waals surface area contributed by atoms with Crippen LogP contribution in [0.3, 0.4) is 0 Å². The van der Waals surface area contributed by atoms with Gasteiger partial charge >= 0.3 is 0 Å². The van der Waals surface area contributed by atoms with Gasteiger partial charge in [0.25, 0.3) is 11.8 Å². The average Bonchev–Trinajstić information content (AvgIpc) is 3.29. The molecule has 1 fully saturated rings. The lowest BCUT2D eigenvalue weighted by molar-refractivity contribution is 0.0785. The highest BCUT2D eigenvalue weighted by Gasteiger charge is 2.32. The minimum absolute atomic E-state index is 0.0136. The number of carbonyl (C=O) groups is 2. The van der Waals surface area contributed by atoms with Crippen LogP contribution in [0, 0.1) is 0 Å². The Morgan fingerprint density at radius 1 is 1.29 bits per heavy atom. The molecule has 0 aromatic carbocycles. The number of nitrogens with zero attached hydrogens (tertiary/aromatic N) is 6. The molecule has 150 valence electrons. The molecule has 0 aliphatic carbocycles. The van der Waals surface area contributed by atoms with Crippen LogP contribution < -0.4 is 10.2 Å². The SMILES string of the molecule is CC(C)NC(=O)c1cnc(N(C)C)nc1C1CCN(C(=O)c2cn(C)cn2)C1. The molecule has 0 bridgehead atoms. The van der Waals surface area contributed by atoms with Crippen molar-refractivity contribution in [3.63, 3.8) is 0 Å². The number of anilines is 1. The van der Waals surface area contributed by atoms with Crippen LogP contribution in [0.15, 0.2) is 18.7 Å². The minimum Gasteiger partial charge on any atom is -0.350 e. The fourth-order valence-corrected chi connectivity index (χ4v) is 3.28. The van der Waals surface area contributed by atoms with Gasteiger partial charge in [0, 0.05) is 58.6 Å². The van der Waals surface area contributed by atoms with Gasteiger partial charge in [0.1, 0.15) is 5.69 Å². The fraction of sp³-hybridized carbons (Fsp3) is 0.526. The molecule has 1 aliphatic rings. The summed E-state index contributed by atoms with van der Waals surface area (Å²) in [5.74, 6) is 0.232. The molecule has 0 radical (unpaired) electrons. The Balaban J connectivity index is 1.86. The summed E-state index contributed by atoms with van der Waals surface area (Å²) in [4.78, 5) is 42.0. The van der Waals surface area contributed by atoms with Crippen LogP contribution in [-0.2, 0) is 7.05 Å². The molecule has 9 heteroatoms. The van der Waals surface area contributed by atoms with Crippen molar-refractivity contribution in [1.29, 1.82) is 0 Å². The van der Waals surface area contributed by atoms with E-state index >= 15 is 0 Å². The molecule has 1 atom stereocenters. The van der Waals surface area contributed by atoms with Gasteiger partial charge in [-0.3, -0.25) is 9.59 Å². The summed E-state index contributed by atoms with van der Waals surface area (Å²) in [6.07, 6.45) is 5.65. The minimum atomic E-state index is -0.190. The van der Waals surface area contributed by atoms with Crippen molar-refractivity contribution < 1.29 is 9.59 Å². The highest BCUT2D eigenvalue weighted by atomic mass is 16.2. The number of nitrogens with one attached hydrogen (secondary N) is 1. The molecule has 1 N–H and O–H groups in total. The molecule has 3 rings (SSSR count). The maximum Gasteiger partial charge on any atom is 0.274 e. The fourth-order valence-electron chi connectivity index (χ4n) is 3.28. The van der Waals surface area contributed by atoms with Gasteiger partial charge in [-0.1, -0.05) is 0 Å². The predicted molar refractivity (Wildman–Crippen MR) is 105 cm³/mol. The number of likely N-dealkylation sites (tertiary alicyclic amines) is 1. The highest BCUT2D eigenvalue weighted by molar-refractivity contribution is 5.95. The van der Waals surface area contributed by atoms with Crippen LogP contribution in [0.1, 0.15) is 52.7 Å². The lowest BCUT2D eigenvalue weighted by Crippen LogP contribution is -2.32. The molecule has 1 unspecified atom stereocenters. The number of carbonyl (C=O) groups excluding carboxylic acids is 2. The van der Waals surface area contributed by atoms with E-state index in [0.29, 0.717) is 36.0 Å². The third-order valence-electron chi connectivity index (χ3n) is 4.66. The van der Waals surface area contributed by atoms with Gasteiger partial charge in [-0.2, -0.15) is 0 Å². The Kier molecular flexibility index (Phi) is 5.62. The average molecular weight is 385 g/mol. The number of amides is 2. The Labute approximate surface area is 164 Å². The van der Waals surface area contributed by atoms with Crippen LogP contribution in [0.2, 0.25) is 0 Å². The molecule has 1 saturated heterocycles. The molecule has 2 aromatic heterocycles. The van der Waals surface area contributed by atoms with E-state index in [2.05, 4.69) is 20.3 Å². The number of aromatic nitrogens is 4. The summed E-state index contributed by atoms with van der Waals surface area (Å²) in [6, 6.07) is 0.0136. The molecule has 1 aliphatic heterocycles. The van der Waals surface area contributed by atoms with Crippen molar-refractivity contribution in [3.05, 3.63) is 35.7 Å². The van der Waals surface area contributed by atoms with Crippen LogP contribution in [-0.4, -0.2) is 69.5 Å². The van der Waals surface area contributed by atoms with Crippen molar-refractivity contribution in [2.24, 2.45) is 7.05 Å². The van der Waals surface area contributed by atoms with E-state index in [4.69, 9.17) is 0 Å². The zero-order valence-corrected chi connectivity index (χ0v) is 17.0. The first-order valence-electron chi connectivity index (χ1n) is 9.38. The van der Waals surface area contributed by atoms with Gasteiger partial charge < -0.3 is 19.7 Å². The van der Waals surface area contributed by atoms with Gasteiger partial charge in [-0.25, -0.2) is 15.0 Å². The molecule has 2 aromatic rings. The quantitative estimate of drug-likeness (QED) is 0.826. The van der Waals surface area contributed by atoms with E-state index in [1.54, 1.807) is 33.1 Å². The highest BCUT2D eigenvalue weighted by Crippen LogP contribution is 2.30. The van der Waals surface area contributed by atoms with E-state index in [1.807, 2.05) is 35.0 Å². The summed E-state index contributed by atoms with van der Waals surface area (Å²) in [5, 5.41) is 2.91. The van der Waals surface area contributed by atoms with Crippen molar-refractivity contribution in [1.82, 2.24) is 29.7 Å². The summed E-state index contributed by atoms with van der Waals surface area (Å²) in [7, 11) is 5.55. The molecule has 28 heavy (non-hydrogen) atoms.